The van der Waals surface area contributed by atoms with Gasteiger partial charge in [-0.3, -0.25) is 0 Å². The van der Waals surface area contributed by atoms with Crippen LogP contribution in [0.5, 0.6) is 0 Å². The van der Waals surface area contributed by atoms with Crippen LogP contribution in [0, 0.1) is 0 Å². The Morgan fingerprint density at radius 1 is 1.05 bits per heavy atom. The van der Waals surface area contributed by atoms with E-state index in [1.54, 1.807) is 0 Å². The van der Waals surface area contributed by atoms with Gasteiger partial charge in [0, 0.05) is 22.5 Å². The van der Waals surface area contributed by atoms with E-state index >= 15 is 0 Å². The summed E-state index contributed by atoms with van der Waals surface area (Å²) in [4.78, 5) is 0. The molecule has 2 aromatic carbocycles. The van der Waals surface area contributed by atoms with Crippen molar-refractivity contribution in [1.29, 1.82) is 0 Å². The number of furan rings is 1. The fraction of sp³-hybridized carbons (Fsp3) is 0.222. The zero-order chi connectivity index (χ0) is 14.8. The van der Waals surface area contributed by atoms with Gasteiger partial charge in [0.2, 0.25) is 0 Å². The van der Waals surface area contributed by atoms with Crippen molar-refractivity contribution < 1.29 is 4.42 Å². The Labute approximate surface area is 133 Å². The first kappa shape index (κ1) is 14.4. The quantitative estimate of drug-likeness (QED) is 0.719. The van der Waals surface area contributed by atoms with Crippen LogP contribution in [0.2, 0.25) is 0 Å². The Morgan fingerprint density at radius 2 is 1.81 bits per heavy atom. The minimum atomic E-state index is 0.408. The van der Waals surface area contributed by atoms with Gasteiger partial charge in [0.25, 0.3) is 0 Å². The molecule has 2 nitrogen and oxygen atoms in total. The van der Waals surface area contributed by atoms with Crippen LogP contribution in [0.25, 0.3) is 22.1 Å². The minimum absolute atomic E-state index is 0.408. The number of halogens is 1. The summed E-state index contributed by atoms with van der Waals surface area (Å²) in [5.74, 6) is 1.94. The fourth-order valence-electron chi connectivity index (χ4n) is 2.51. The van der Waals surface area contributed by atoms with E-state index in [0.717, 1.165) is 28.0 Å². The zero-order valence-electron chi connectivity index (χ0n) is 12.2. The van der Waals surface area contributed by atoms with Crippen molar-refractivity contribution in [3.63, 3.8) is 0 Å². The van der Waals surface area contributed by atoms with Crippen LogP contribution in [0.1, 0.15) is 12.7 Å². The average Bonchev–Trinajstić information content (AvgIpc) is 2.96. The molecule has 0 radical (unpaired) electrons. The molecule has 0 saturated heterocycles. The molecule has 0 aliphatic rings. The van der Waals surface area contributed by atoms with Crippen LogP contribution in [-0.2, 0) is 6.42 Å². The van der Waals surface area contributed by atoms with Gasteiger partial charge >= 0.3 is 0 Å². The smallest absolute Gasteiger partial charge is 0.134 e. The second kappa shape index (κ2) is 6.04. The van der Waals surface area contributed by atoms with Crippen LogP contribution < -0.4 is 5.32 Å². The van der Waals surface area contributed by atoms with Crippen LogP contribution in [0.4, 0.5) is 0 Å². The predicted octanol–water partition coefficient (Wildman–Crippen LogP) is 5.01. The van der Waals surface area contributed by atoms with Crippen molar-refractivity contribution >= 4 is 26.7 Å². The third-order valence-corrected chi connectivity index (χ3v) is 4.49. The lowest BCUT2D eigenvalue weighted by Gasteiger charge is -2.08. The van der Waals surface area contributed by atoms with Crippen molar-refractivity contribution in [3.05, 3.63) is 58.8 Å². The van der Waals surface area contributed by atoms with Crippen molar-refractivity contribution in [1.82, 2.24) is 5.32 Å². The molecular formula is C18H18BrNO. The molecule has 0 aliphatic carbocycles. The Balaban J connectivity index is 2.03. The van der Waals surface area contributed by atoms with Crippen molar-refractivity contribution in [2.75, 3.05) is 7.05 Å². The molecule has 1 heterocycles. The number of benzene rings is 2. The van der Waals surface area contributed by atoms with Crippen LogP contribution >= 0.6 is 15.9 Å². The maximum Gasteiger partial charge on any atom is 0.134 e. The van der Waals surface area contributed by atoms with E-state index in [-0.39, 0.29) is 0 Å². The molecule has 21 heavy (non-hydrogen) atoms. The molecule has 3 heteroatoms. The summed E-state index contributed by atoms with van der Waals surface area (Å²) in [5, 5.41) is 5.64. The molecule has 1 aromatic heterocycles. The van der Waals surface area contributed by atoms with E-state index in [1.807, 2.05) is 7.05 Å². The number of hydrogen-bond acceptors (Lipinski definition) is 2. The highest BCUT2D eigenvalue weighted by molar-refractivity contribution is 9.10. The summed E-state index contributed by atoms with van der Waals surface area (Å²) in [6, 6.07) is 17.1. The Morgan fingerprint density at radius 3 is 2.57 bits per heavy atom. The molecule has 1 N–H and O–H groups in total. The lowest BCUT2D eigenvalue weighted by atomic mass is 10.0. The van der Waals surface area contributed by atoms with Gasteiger partial charge in [0.1, 0.15) is 11.5 Å². The fourth-order valence-corrected chi connectivity index (χ4v) is 2.99. The summed E-state index contributed by atoms with van der Waals surface area (Å²) in [6.45, 7) is 2.15. The first-order valence-electron chi connectivity index (χ1n) is 7.12. The summed E-state index contributed by atoms with van der Waals surface area (Å²) < 4.78 is 7.14. The molecule has 0 spiro atoms. The molecule has 0 saturated carbocycles. The van der Waals surface area contributed by atoms with Gasteiger partial charge < -0.3 is 9.73 Å². The van der Waals surface area contributed by atoms with E-state index in [4.69, 9.17) is 4.42 Å². The van der Waals surface area contributed by atoms with E-state index in [9.17, 15) is 0 Å². The number of likely N-dealkylation sites (N-methyl/N-ethyl adjacent to an activating group) is 1. The summed E-state index contributed by atoms with van der Waals surface area (Å²) in [6.07, 6.45) is 0.894. The van der Waals surface area contributed by atoms with Gasteiger partial charge in [0.15, 0.2) is 0 Å². The van der Waals surface area contributed by atoms with E-state index in [2.05, 4.69) is 76.7 Å². The molecule has 3 rings (SSSR count). The van der Waals surface area contributed by atoms with Gasteiger partial charge in [-0.05, 0) is 49.0 Å². The van der Waals surface area contributed by atoms with Gasteiger partial charge in [0.05, 0.1) is 0 Å². The molecule has 3 aromatic rings. The normalized spacial score (nSPS) is 12.7. The first-order valence-corrected chi connectivity index (χ1v) is 7.92. The summed E-state index contributed by atoms with van der Waals surface area (Å²) >= 11 is 3.61. The van der Waals surface area contributed by atoms with Gasteiger partial charge in [-0.25, -0.2) is 0 Å². The Hall–Kier alpha value is -1.58. The average molecular weight is 344 g/mol. The highest BCUT2D eigenvalue weighted by Crippen LogP contribution is 2.34. The van der Waals surface area contributed by atoms with Crippen molar-refractivity contribution in [3.8, 4) is 11.3 Å². The number of nitrogens with one attached hydrogen (secondary N) is 1. The number of rotatable bonds is 4. The third kappa shape index (κ3) is 2.89. The molecule has 0 aliphatic heterocycles. The lowest BCUT2D eigenvalue weighted by Crippen LogP contribution is -2.23. The first-order chi connectivity index (χ1) is 10.2. The maximum atomic E-state index is 6.03. The van der Waals surface area contributed by atoms with E-state index in [0.29, 0.717) is 6.04 Å². The number of hydrogen-bond donors (Lipinski definition) is 1. The summed E-state index contributed by atoms with van der Waals surface area (Å²) in [5.41, 5.74) is 1.14. The van der Waals surface area contributed by atoms with E-state index in [1.165, 1.54) is 10.8 Å². The number of fused-ring (bicyclic) bond motifs is 1. The molecule has 1 unspecified atom stereocenters. The maximum absolute atomic E-state index is 6.03. The molecule has 0 fully saturated rings. The predicted molar refractivity (Wildman–Crippen MR) is 91.6 cm³/mol. The Kier molecular flexibility index (Phi) is 4.13. The largest absolute Gasteiger partial charge is 0.461 e. The van der Waals surface area contributed by atoms with Gasteiger partial charge in [-0.15, -0.1) is 0 Å². The highest BCUT2D eigenvalue weighted by atomic mass is 79.9. The SMILES string of the molecule is CNC(C)Cc1ccc(-c2ccc(Br)c3ccccc23)o1. The lowest BCUT2D eigenvalue weighted by molar-refractivity contribution is 0.481. The zero-order valence-corrected chi connectivity index (χ0v) is 13.8. The van der Waals surface area contributed by atoms with Gasteiger partial charge in [-0.1, -0.05) is 40.2 Å². The third-order valence-electron chi connectivity index (χ3n) is 3.80. The summed E-state index contributed by atoms with van der Waals surface area (Å²) in [7, 11) is 1.97. The highest BCUT2D eigenvalue weighted by Gasteiger charge is 2.11. The van der Waals surface area contributed by atoms with Gasteiger partial charge in [-0.2, -0.15) is 0 Å². The molecule has 0 bridgehead atoms. The second-order valence-corrected chi connectivity index (χ2v) is 6.15. The molecule has 0 amide bonds. The van der Waals surface area contributed by atoms with E-state index < -0.39 is 0 Å². The van der Waals surface area contributed by atoms with Crippen molar-refractivity contribution in [2.24, 2.45) is 0 Å². The second-order valence-electron chi connectivity index (χ2n) is 5.30. The minimum Gasteiger partial charge on any atom is -0.461 e. The van der Waals surface area contributed by atoms with Crippen LogP contribution in [-0.4, -0.2) is 13.1 Å². The van der Waals surface area contributed by atoms with Crippen molar-refractivity contribution in [2.45, 2.75) is 19.4 Å². The molecular weight excluding hydrogens is 326 g/mol. The monoisotopic (exact) mass is 343 g/mol. The molecule has 1 atom stereocenters. The molecule has 108 valence electrons. The Bertz CT molecular complexity index is 763. The topological polar surface area (TPSA) is 25.2 Å². The van der Waals surface area contributed by atoms with Crippen LogP contribution in [0.3, 0.4) is 0 Å². The van der Waals surface area contributed by atoms with Crippen LogP contribution in [0.15, 0.2) is 57.4 Å². The standard InChI is InChI=1S/C18H18BrNO/c1-12(20-2)11-13-7-10-18(21-13)16-8-9-17(19)15-6-4-3-5-14(15)16/h3-10,12,20H,11H2,1-2H3.